The average molecular weight is 176 g/mol. The lowest BCUT2D eigenvalue weighted by Gasteiger charge is -2.17. The zero-order chi connectivity index (χ0) is 9.10. The second kappa shape index (κ2) is 3.43. The molecular formula is C9H12N4. The smallest absolute Gasteiger partial charge is 0.109 e. The van der Waals surface area contributed by atoms with Crippen LogP contribution in [-0.2, 0) is 0 Å². The maximum absolute atomic E-state index is 4.29. The Hall–Kier alpha value is -1.58. The third-order valence-corrected chi connectivity index (χ3v) is 2.01. The number of hydrazone groups is 1. The highest BCUT2D eigenvalue weighted by atomic mass is 15.3. The first-order valence-corrected chi connectivity index (χ1v) is 4.34. The lowest BCUT2D eigenvalue weighted by molar-refractivity contribution is 0.880. The maximum atomic E-state index is 4.29. The van der Waals surface area contributed by atoms with Crippen LogP contribution in [0.2, 0.25) is 0 Å². The van der Waals surface area contributed by atoms with Gasteiger partial charge in [-0.1, -0.05) is 0 Å². The molecule has 68 valence electrons. The van der Waals surface area contributed by atoms with Crippen molar-refractivity contribution in [3.8, 4) is 0 Å². The molecule has 0 saturated carbocycles. The first-order chi connectivity index (χ1) is 6.42. The van der Waals surface area contributed by atoms with Crippen molar-refractivity contribution in [1.82, 2.24) is 10.4 Å². The summed E-state index contributed by atoms with van der Waals surface area (Å²) < 4.78 is 0. The fraction of sp³-hybridized carbons (Fsp3) is 0.333. The summed E-state index contributed by atoms with van der Waals surface area (Å²) in [6.45, 7) is 0.930. The van der Waals surface area contributed by atoms with Crippen LogP contribution in [0.15, 0.2) is 23.4 Å². The van der Waals surface area contributed by atoms with Crippen LogP contribution in [0.3, 0.4) is 0 Å². The predicted molar refractivity (Wildman–Crippen MR) is 52.9 cm³/mol. The van der Waals surface area contributed by atoms with Gasteiger partial charge in [-0.15, -0.1) is 0 Å². The molecular weight excluding hydrogens is 164 g/mol. The molecule has 0 bridgehead atoms. The van der Waals surface area contributed by atoms with Gasteiger partial charge in [-0.2, -0.15) is 5.10 Å². The SMILES string of the molecule is CN/N=C1/CCNc2cccnc21. The lowest BCUT2D eigenvalue weighted by Crippen LogP contribution is -2.21. The minimum absolute atomic E-state index is 0.921. The van der Waals surface area contributed by atoms with Crippen molar-refractivity contribution in [2.24, 2.45) is 5.10 Å². The van der Waals surface area contributed by atoms with Gasteiger partial charge in [0, 0.05) is 26.2 Å². The molecule has 0 atom stereocenters. The topological polar surface area (TPSA) is 49.3 Å². The molecule has 0 fully saturated rings. The highest BCUT2D eigenvalue weighted by molar-refractivity contribution is 6.04. The van der Waals surface area contributed by atoms with Crippen molar-refractivity contribution in [3.05, 3.63) is 24.0 Å². The summed E-state index contributed by atoms with van der Waals surface area (Å²) in [5.41, 5.74) is 5.86. The van der Waals surface area contributed by atoms with Gasteiger partial charge in [-0.25, -0.2) is 0 Å². The zero-order valence-corrected chi connectivity index (χ0v) is 7.54. The Morgan fingerprint density at radius 1 is 1.62 bits per heavy atom. The molecule has 4 heteroatoms. The van der Waals surface area contributed by atoms with E-state index in [0.29, 0.717) is 0 Å². The van der Waals surface area contributed by atoms with E-state index >= 15 is 0 Å². The number of anilines is 1. The van der Waals surface area contributed by atoms with Gasteiger partial charge < -0.3 is 10.7 Å². The summed E-state index contributed by atoms with van der Waals surface area (Å²) in [6, 6.07) is 3.95. The van der Waals surface area contributed by atoms with Gasteiger partial charge in [0.05, 0.1) is 11.4 Å². The molecule has 1 aliphatic heterocycles. The summed E-state index contributed by atoms with van der Waals surface area (Å²) >= 11 is 0. The van der Waals surface area contributed by atoms with Crippen molar-refractivity contribution in [1.29, 1.82) is 0 Å². The van der Waals surface area contributed by atoms with Crippen molar-refractivity contribution in [2.75, 3.05) is 18.9 Å². The van der Waals surface area contributed by atoms with E-state index in [4.69, 9.17) is 0 Å². The Kier molecular flexibility index (Phi) is 2.12. The van der Waals surface area contributed by atoms with Gasteiger partial charge in [0.15, 0.2) is 0 Å². The molecule has 0 amide bonds. The van der Waals surface area contributed by atoms with Crippen LogP contribution in [0, 0.1) is 0 Å². The first kappa shape index (κ1) is 8.04. The normalized spacial score (nSPS) is 17.8. The number of aromatic nitrogens is 1. The Morgan fingerprint density at radius 3 is 3.38 bits per heavy atom. The molecule has 0 spiro atoms. The summed E-state index contributed by atoms with van der Waals surface area (Å²) in [7, 11) is 1.80. The largest absolute Gasteiger partial charge is 0.383 e. The standard InChI is InChI=1S/C9H12N4/c1-10-13-8-4-6-11-7-3-2-5-12-9(7)8/h2-3,5,10-11H,4,6H2,1H3/b13-8-. The summed E-state index contributed by atoms with van der Waals surface area (Å²) in [5.74, 6) is 0. The van der Waals surface area contributed by atoms with Crippen LogP contribution >= 0.6 is 0 Å². The monoisotopic (exact) mass is 176 g/mol. The predicted octanol–water partition coefficient (Wildman–Crippen LogP) is 0.821. The van der Waals surface area contributed by atoms with Gasteiger partial charge in [-0.3, -0.25) is 4.98 Å². The molecule has 0 aromatic carbocycles. The van der Waals surface area contributed by atoms with E-state index in [9.17, 15) is 0 Å². The minimum atomic E-state index is 0.921. The second-order valence-electron chi connectivity index (χ2n) is 2.86. The number of hydrogen-bond acceptors (Lipinski definition) is 4. The van der Waals surface area contributed by atoms with Crippen LogP contribution in [0.4, 0.5) is 5.69 Å². The fourth-order valence-electron chi connectivity index (χ4n) is 1.46. The van der Waals surface area contributed by atoms with Crippen LogP contribution in [0.5, 0.6) is 0 Å². The molecule has 0 radical (unpaired) electrons. The fourth-order valence-corrected chi connectivity index (χ4v) is 1.46. The molecule has 0 saturated heterocycles. The molecule has 13 heavy (non-hydrogen) atoms. The molecule has 4 nitrogen and oxygen atoms in total. The molecule has 1 aromatic rings. The van der Waals surface area contributed by atoms with Gasteiger partial charge in [0.2, 0.25) is 0 Å². The number of fused-ring (bicyclic) bond motifs is 1. The Labute approximate surface area is 77.1 Å². The van der Waals surface area contributed by atoms with E-state index in [1.54, 1.807) is 13.2 Å². The van der Waals surface area contributed by atoms with E-state index in [0.717, 1.165) is 30.1 Å². The average Bonchev–Trinajstić information content (AvgIpc) is 2.19. The van der Waals surface area contributed by atoms with Gasteiger partial charge in [0.25, 0.3) is 0 Å². The molecule has 2 N–H and O–H groups in total. The van der Waals surface area contributed by atoms with Crippen LogP contribution in [-0.4, -0.2) is 24.3 Å². The van der Waals surface area contributed by atoms with E-state index in [1.165, 1.54) is 0 Å². The van der Waals surface area contributed by atoms with Crippen molar-refractivity contribution >= 4 is 11.4 Å². The lowest BCUT2D eigenvalue weighted by atomic mass is 10.1. The zero-order valence-electron chi connectivity index (χ0n) is 7.54. The van der Waals surface area contributed by atoms with Crippen LogP contribution in [0.1, 0.15) is 12.1 Å². The summed E-state index contributed by atoms with van der Waals surface area (Å²) in [6.07, 6.45) is 2.71. The van der Waals surface area contributed by atoms with Gasteiger partial charge in [0.1, 0.15) is 5.69 Å². The molecule has 1 aliphatic rings. The summed E-state index contributed by atoms with van der Waals surface area (Å²) in [5, 5.41) is 7.47. The Bertz CT molecular complexity index is 332. The molecule has 0 aliphatic carbocycles. The molecule has 2 rings (SSSR count). The first-order valence-electron chi connectivity index (χ1n) is 4.34. The quantitative estimate of drug-likeness (QED) is 0.623. The minimum Gasteiger partial charge on any atom is -0.383 e. The van der Waals surface area contributed by atoms with E-state index in [-0.39, 0.29) is 0 Å². The number of rotatable bonds is 1. The van der Waals surface area contributed by atoms with Crippen molar-refractivity contribution in [2.45, 2.75) is 6.42 Å². The van der Waals surface area contributed by atoms with E-state index in [2.05, 4.69) is 20.8 Å². The Balaban J connectivity index is 2.42. The van der Waals surface area contributed by atoms with Gasteiger partial charge >= 0.3 is 0 Å². The molecule has 0 unspecified atom stereocenters. The van der Waals surface area contributed by atoms with Crippen molar-refractivity contribution in [3.63, 3.8) is 0 Å². The number of hydrogen-bond donors (Lipinski definition) is 2. The third kappa shape index (κ3) is 1.47. The highest BCUT2D eigenvalue weighted by Gasteiger charge is 2.15. The highest BCUT2D eigenvalue weighted by Crippen LogP contribution is 2.18. The van der Waals surface area contributed by atoms with Crippen LogP contribution < -0.4 is 10.7 Å². The summed E-state index contributed by atoms with van der Waals surface area (Å²) in [4.78, 5) is 4.29. The third-order valence-electron chi connectivity index (χ3n) is 2.01. The van der Waals surface area contributed by atoms with E-state index < -0.39 is 0 Å². The van der Waals surface area contributed by atoms with Crippen LogP contribution in [0.25, 0.3) is 0 Å². The number of pyridine rings is 1. The molecule has 1 aromatic heterocycles. The second-order valence-corrected chi connectivity index (χ2v) is 2.86. The number of nitrogens with one attached hydrogen (secondary N) is 2. The number of nitrogens with zero attached hydrogens (tertiary/aromatic N) is 2. The Morgan fingerprint density at radius 2 is 2.54 bits per heavy atom. The van der Waals surface area contributed by atoms with E-state index in [1.807, 2.05) is 12.1 Å². The van der Waals surface area contributed by atoms with Gasteiger partial charge in [-0.05, 0) is 12.1 Å². The molecule has 2 heterocycles. The maximum Gasteiger partial charge on any atom is 0.109 e. The van der Waals surface area contributed by atoms with Crippen molar-refractivity contribution < 1.29 is 0 Å².